The van der Waals surface area contributed by atoms with Crippen molar-refractivity contribution in [2.24, 2.45) is 5.92 Å². The summed E-state index contributed by atoms with van der Waals surface area (Å²) in [6.45, 7) is 4.11. The quantitative estimate of drug-likeness (QED) is 0.250. The minimum absolute atomic E-state index is 0.0274. The molecule has 2 heterocycles. The Morgan fingerprint density at radius 1 is 0.947 bits per heavy atom. The summed E-state index contributed by atoms with van der Waals surface area (Å²) in [4.78, 5) is 39.5. The lowest BCUT2D eigenvalue weighted by atomic mass is 9.84. The van der Waals surface area contributed by atoms with Crippen molar-refractivity contribution in [3.05, 3.63) is 120 Å². The van der Waals surface area contributed by atoms with E-state index >= 15 is 0 Å². The number of nitrogens with one attached hydrogen (secondary N) is 1. The van der Waals surface area contributed by atoms with Gasteiger partial charge in [0.1, 0.15) is 6.61 Å². The lowest BCUT2D eigenvalue weighted by molar-refractivity contribution is -0.126. The molecule has 194 valence electrons. The molecule has 38 heavy (non-hydrogen) atoms. The van der Waals surface area contributed by atoms with Crippen LogP contribution in [0, 0.1) is 5.92 Å². The fourth-order valence-electron chi connectivity index (χ4n) is 5.57. The Hall–Kier alpha value is -3.84. The second kappa shape index (κ2) is 11.3. The predicted molar refractivity (Wildman–Crippen MR) is 148 cm³/mol. The summed E-state index contributed by atoms with van der Waals surface area (Å²) in [5.41, 5.74) is 3.38. The van der Waals surface area contributed by atoms with Gasteiger partial charge in [-0.15, -0.1) is 11.8 Å². The number of carbonyl (C=O) groups excluding carboxylic acids is 3. The monoisotopic (exact) mass is 526 g/mol. The largest absolute Gasteiger partial charge is 0.445 e. The first-order chi connectivity index (χ1) is 18.5. The topological polar surface area (TPSA) is 75.7 Å². The van der Waals surface area contributed by atoms with Crippen LogP contribution in [0.5, 0.6) is 0 Å². The molecule has 3 aromatic carbocycles. The average molecular weight is 527 g/mol. The zero-order chi connectivity index (χ0) is 26.5. The molecule has 3 amide bonds. The molecule has 3 aromatic rings. The summed E-state index contributed by atoms with van der Waals surface area (Å²) < 4.78 is 4.84. The van der Waals surface area contributed by atoms with Gasteiger partial charge in [0.2, 0.25) is 11.8 Å². The van der Waals surface area contributed by atoms with E-state index in [1.807, 2.05) is 54.6 Å². The molecule has 1 unspecified atom stereocenters. The van der Waals surface area contributed by atoms with Crippen molar-refractivity contribution in [2.45, 2.75) is 28.9 Å². The standard InChI is InChI=1S/C31H30N2O4S/c1-2-18-37-30(36)33-21-25(19-27(33)26-20-28(34)32-29(26)35)38-31(22-12-6-3-7-13-22,23-14-8-4-9-15-23)24-16-10-5-11-17-24/h2-17,25-27H,1,18-21H2,(H,32,34,35)/t25-,26?,27-/m0/s1. The van der Waals surface area contributed by atoms with Gasteiger partial charge in [-0.2, -0.15) is 0 Å². The number of nitrogens with zero attached hydrogens (tertiary/aromatic N) is 1. The van der Waals surface area contributed by atoms with Crippen molar-refractivity contribution < 1.29 is 19.1 Å². The molecule has 0 aliphatic carbocycles. The van der Waals surface area contributed by atoms with Gasteiger partial charge in [0.05, 0.1) is 10.7 Å². The third-order valence-corrected chi connectivity index (χ3v) is 8.95. The number of carbonyl (C=O) groups is 3. The van der Waals surface area contributed by atoms with Crippen LogP contribution < -0.4 is 5.32 Å². The van der Waals surface area contributed by atoms with Gasteiger partial charge in [0.15, 0.2) is 0 Å². The molecule has 2 fully saturated rings. The summed E-state index contributed by atoms with van der Waals surface area (Å²) in [6, 6.07) is 30.7. The van der Waals surface area contributed by atoms with Crippen LogP contribution in [0.2, 0.25) is 0 Å². The number of ether oxygens (including phenoxy) is 1. The third-order valence-electron chi connectivity index (χ3n) is 7.22. The van der Waals surface area contributed by atoms with Crippen LogP contribution in [0.4, 0.5) is 4.79 Å². The first-order valence-electron chi connectivity index (χ1n) is 12.8. The predicted octanol–water partition coefficient (Wildman–Crippen LogP) is 5.14. The maximum absolute atomic E-state index is 13.1. The van der Waals surface area contributed by atoms with Gasteiger partial charge in [-0.3, -0.25) is 14.9 Å². The van der Waals surface area contributed by atoms with Gasteiger partial charge in [-0.05, 0) is 23.1 Å². The van der Waals surface area contributed by atoms with E-state index in [1.54, 1.807) is 16.7 Å². The normalized spacial score (nSPS) is 21.3. The minimum Gasteiger partial charge on any atom is -0.445 e. The van der Waals surface area contributed by atoms with E-state index in [2.05, 4.69) is 48.3 Å². The molecule has 6 nitrogen and oxygen atoms in total. The molecule has 0 saturated carbocycles. The zero-order valence-electron chi connectivity index (χ0n) is 21.0. The lowest BCUT2D eigenvalue weighted by Gasteiger charge is -2.37. The first-order valence-corrected chi connectivity index (χ1v) is 13.6. The number of hydrogen-bond donors (Lipinski definition) is 1. The van der Waals surface area contributed by atoms with Crippen LogP contribution in [0.15, 0.2) is 104 Å². The molecule has 1 N–H and O–H groups in total. The van der Waals surface area contributed by atoms with E-state index in [-0.39, 0.29) is 30.1 Å². The summed E-state index contributed by atoms with van der Waals surface area (Å²) in [7, 11) is 0. The van der Waals surface area contributed by atoms with Gasteiger partial charge >= 0.3 is 6.09 Å². The maximum atomic E-state index is 13.1. The van der Waals surface area contributed by atoms with Gasteiger partial charge in [-0.25, -0.2) is 4.79 Å². The van der Waals surface area contributed by atoms with Gasteiger partial charge in [0, 0.05) is 24.3 Å². The highest BCUT2D eigenvalue weighted by molar-refractivity contribution is 8.01. The summed E-state index contributed by atoms with van der Waals surface area (Å²) in [6.07, 6.45) is 1.67. The van der Waals surface area contributed by atoms with Gasteiger partial charge < -0.3 is 9.64 Å². The summed E-state index contributed by atoms with van der Waals surface area (Å²) in [5.74, 6) is -1.22. The van der Waals surface area contributed by atoms with Gasteiger partial charge in [-0.1, -0.05) is 104 Å². The van der Waals surface area contributed by atoms with Crippen molar-refractivity contribution >= 4 is 29.7 Å². The molecule has 0 aromatic heterocycles. The molecule has 2 aliphatic heterocycles. The van der Waals surface area contributed by atoms with Crippen molar-refractivity contribution in [2.75, 3.05) is 13.2 Å². The number of rotatable bonds is 8. The second-order valence-corrected chi connectivity index (χ2v) is 11.1. The van der Waals surface area contributed by atoms with E-state index in [9.17, 15) is 14.4 Å². The smallest absolute Gasteiger partial charge is 0.410 e. The zero-order valence-corrected chi connectivity index (χ0v) is 21.8. The molecule has 5 rings (SSSR count). The number of hydrogen-bond acceptors (Lipinski definition) is 5. The van der Waals surface area contributed by atoms with E-state index in [4.69, 9.17) is 4.74 Å². The maximum Gasteiger partial charge on any atom is 0.410 e. The average Bonchev–Trinajstić information content (AvgIpc) is 3.53. The van der Waals surface area contributed by atoms with E-state index in [0.29, 0.717) is 13.0 Å². The van der Waals surface area contributed by atoms with Crippen LogP contribution in [-0.4, -0.2) is 47.3 Å². The van der Waals surface area contributed by atoms with Crippen molar-refractivity contribution in [1.29, 1.82) is 0 Å². The Kier molecular flexibility index (Phi) is 7.65. The molecular formula is C31H30N2O4S. The van der Waals surface area contributed by atoms with Crippen LogP contribution >= 0.6 is 11.8 Å². The number of benzene rings is 3. The summed E-state index contributed by atoms with van der Waals surface area (Å²) >= 11 is 1.78. The first kappa shape index (κ1) is 25.8. The van der Waals surface area contributed by atoms with Crippen LogP contribution in [0.25, 0.3) is 0 Å². The molecule has 2 saturated heterocycles. The summed E-state index contributed by atoms with van der Waals surface area (Å²) in [5, 5.41) is 2.38. The van der Waals surface area contributed by atoms with E-state index in [0.717, 1.165) is 16.7 Å². The minimum atomic E-state index is -0.594. The van der Waals surface area contributed by atoms with E-state index < -0.39 is 22.8 Å². The molecule has 0 radical (unpaired) electrons. The number of likely N-dealkylation sites (tertiary alicyclic amines) is 1. The van der Waals surface area contributed by atoms with Gasteiger partial charge in [0.25, 0.3) is 0 Å². The lowest BCUT2D eigenvalue weighted by Crippen LogP contribution is -2.43. The van der Waals surface area contributed by atoms with Crippen molar-refractivity contribution in [3.63, 3.8) is 0 Å². The number of thioether (sulfide) groups is 1. The Morgan fingerprint density at radius 3 is 1.92 bits per heavy atom. The highest BCUT2D eigenvalue weighted by atomic mass is 32.2. The van der Waals surface area contributed by atoms with Crippen LogP contribution in [0.3, 0.4) is 0 Å². The fraction of sp³-hybridized carbons (Fsp3) is 0.258. The number of imide groups is 1. The van der Waals surface area contributed by atoms with Crippen LogP contribution in [0.1, 0.15) is 29.5 Å². The highest BCUT2D eigenvalue weighted by Crippen LogP contribution is 2.52. The fourth-order valence-corrected chi connectivity index (χ4v) is 7.42. The van der Waals surface area contributed by atoms with Crippen molar-refractivity contribution in [1.82, 2.24) is 10.2 Å². The molecule has 0 spiro atoms. The molecule has 7 heteroatoms. The third kappa shape index (κ3) is 4.98. The SMILES string of the molecule is C=CCOC(=O)N1C[C@@H](SC(c2ccccc2)(c2ccccc2)c2ccccc2)C[C@H]1C1CC(=O)NC1=O. The Labute approximate surface area is 227 Å². The van der Waals surface area contributed by atoms with Crippen molar-refractivity contribution in [3.8, 4) is 0 Å². The molecule has 0 bridgehead atoms. The Balaban J connectivity index is 1.57. The Bertz CT molecular complexity index is 1200. The highest BCUT2D eigenvalue weighted by Gasteiger charge is 2.49. The second-order valence-electron chi connectivity index (χ2n) is 9.56. The molecule has 2 aliphatic rings. The molecule has 3 atom stereocenters. The van der Waals surface area contributed by atoms with E-state index in [1.165, 1.54) is 6.08 Å². The van der Waals surface area contributed by atoms with Crippen LogP contribution in [-0.2, 0) is 19.1 Å². The molecular weight excluding hydrogens is 496 g/mol. The Morgan fingerprint density at radius 2 is 1.47 bits per heavy atom. The number of amides is 3.